The van der Waals surface area contributed by atoms with Crippen LogP contribution in [-0.2, 0) is 11.8 Å². The van der Waals surface area contributed by atoms with Gasteiger partial charge < -0.3 is 19.3 Å². The van der Waals surface area contributed by atoms with Crippen molar-refractivity contribution in [3.63, 3.8) is 0 Å². The van der Waals surface area contributed by atoms with Crippen molar-refractivity contribution >= 4 is 34.0 Å². The molecule has 1 aliphatic carbocycles. The van der Waals surface area contributed by atoms with Gasteiger partial charge in [0.1, 0.15) is 0 Å². The predicted octanol–water partition coefficient (Wildman–Crippen LogP) is 2.95. The third-order valence-electron chi connectivity index (χ3n) is 5.58. The summed E-state index contributed by atoms with van der Waals surface area (Å²) in [6.07, 6.45) is 0. The van der Waals surface area contributed by atoms with E-state index in [-0.39, 0.29) is 11.5 Å². The van der Waals surface area contributed by atoms with Crippen molar-refractivity contribution in [3.8, 4) is 16.9 Å². The number of halogens is 1. The van der Waals surface area contributed by atoms with Crippen LogP contribution < -0.4 is 10.5 Å². The van der Waals surface area contributed by atoms with Crippen molar-refractivity contribution in [1.29, 1.82) is 0 Å². The van der Waals surface area contributed by atoms with Gasteiger partial charge in [-0.15, -0.1) is 0 Å². The second kappa shape index (κ2) is 6.09. The van der Waals surface area contributed by atoms with E-state index in [2.05, 4.69) is 4.90 Å². The molecule has 0 saturated carbocycles. The molecule has 7 heteroatoms. The molecule has 1 saturated heterocycles. The fourth-order valence-electron chi connectivity index (χ4n) is 4.26. The second-order valence-corrected chi connectivity index (χ2v) is 7.45. The molecule has 1 aliphatic heterocycles. The van der Waals surface area contributed by atoms with Crippen molar-refractivity contribution < 1.29 is 14.6 Å². The number of aromatic nitrogens is 1. The van der Waals surface area contributed by atoms with Crippen LogP contribution in [0.5, 0.6) is 5.75 Å². The first kappa shape index (κ1) is 17.3. The lowest BCUT2D eigenvalue weighted by Crippen LogP contribution is -2.37. The highest BCUT2D eigenvalue weighted by molar-refractivity contribution is 6.39. The molecule has 5 rings (SSSR count). The number of morpholine rings is 1. The lowest BCUT2D eigenvalue weighted by atomic mass is 9.82. The van der Waals surface area contributed by atoms with Gasteiger partial charge in [-0.3, -0.25) is 9.59 Å². The molecule has 1 aromatic heterocycles. The van der Waals surface area contributed by atoms with Crippen molar-refractivity contribution in [2.45, 2.75) is 0 Å². The maximum Gasteiger partial charge on any atom is 0.293 e. The molecular formula is C21H17ClN2O4. The van der Waals surface area contributed by atoms with E-state index in [1.165, 1.54) is 4.57 Å². The number of carbonyl (C=O) groups excluding carboxylic acids is 1. The van der Waals surface area contributed by atoms with E-state index in [0.29, 0.717) is 70.2 Å². The minimum atomic E-state index is -0.543. The largest absolute Gasteiger partial charge is 0.503 e. The molecule has 0 bridgehead atoms. The Kier molecular flexibility index (Phi) is 3.76. The molecule has 28 heavy (non-hydrogen) atoms. The van der Waals surface area contributed by atoms with Crippen molar-refractivity contribution in [2.75, 3.05) is 31.2 Å². The topological polar surface area (TPSA) is 71.8 Å². The molecule has 2 heterocycles. The van der Waals surface area contributed by atoms with Gasteiger partial charge in [-0.05, 0) is 11.6 Å². The van der Waals surface area contributed by atoms with Crippen LogP contribution in [0.25, 0.3) is 22.0 Å². The van der Waals surface area contributed by atoms with E-state index in [4.69, 9.17) is 16.3 Å². The number of nitrogens with zero attached hydrogens (tertiary/aromatic N) is 2. The van der Waals surface area contributed by atoms with E-state index in [1.807, 2.05) is 0 Å². The van der Waals surface area contributed by atoms with Gasteiger partial charge in [-0.25, -0.2) is 0 Å². The smallest absolute Gasteiger partial charge is 0.293 e. The molecule has 142 valence electrons. The summed E-state index contributed by atoms with van der Waals surface area (Å²) in [5, 5.41) is 11.6. The first-order valence-corrected chi connectivity index (χ1v) is 9.43. The number of anilines is 1. The summed E-state index contributed by atoms with van der Waals surface area (Å²) in [6.45, 7) is 2.39. The van der Waals surface area contributed by atoms with Crippen LogP contribution in [0.2, 0.25) is 5.02 Å². The van der Waals surface area contributed by atoms with Gasteiger partial charge in [0.2, 0.25) is 0 Å². The van der Waals surface area contributed by atoms with Crippen LogP contribution in [0.3, 0.4) is 0 Å². The highest BCUT2D eigenvalue weighted by Crippen LogP contribution is 2.47. The van der Waals surface area contributed by atoms with Gasteiger partial charge in [0.05, 0.1) is 35.0 Å². The lowest BCUT2D eigenvalue weighted by Gasteiger charge is -2.33. The van der Waals surface area contributed by atoms with Gasteiger partial charge in [0.25, 0.3) is 5.56 Å². The lowest BCUT2D eigenvalue weighted by molar-refractivity contribution is 0.103. The number of ketones is 1. The second-order valence-electron chi connectivity index (χ2n) is 7.04. The van der Waals surface area contributed by atoms with Crippen LogP contribution in [0.15, 0.2) is 35.1 Å². The first-order valence-electron chi connectivity index (χ1n) is 9.05. The van der Waals surface area contributed by atoms with Gasteiger partial charge in [0.15, 0.2) is 11.5 Å². The number of aromatic hydroxyl groups is 1. The molecule has 0 unspecified atom stereocenters. The molecule has 0 radical (unpaired) electrons. The van der Waals surface area contributed by atoms with Crippen LogP contribution in [0.1, 0.15) is 15.9 Å². The number of rotatable bonds is 1. The van der Waals surface area contributed by atoms with E-state index in [0.717, 1.165) is 0 Å². The molecule has 0 spiro atoms. The van der Waals surface area contributed by atoms with Crippen LogP contribution in [-0.4, -0.2) is 41.8 Å². The maximum atomic E-state index is 13.5. The molecule has 0 amide bonds. The molecule has 3 aromatic rings. The van der Waals surface area contributed by atoms with Gasteiger partial charge in [-0.1, -0.05) is 35.9 Å². The molecule has 1 N–H and O–H groups in total. The highest BCUT2D eigenvalue weighted by atomic mass is 35.5. The van der Waals surface area contributed by atoms with E-state index in [1.54, 1.807) is 37.4 Å². The molecule has 1 fully saturated rings. The van der Waals surface area contributed by atoms with E-state index in [9.17, 15) is 14.7 Å². The average molecular weight is 397 g/mol. The van der Waals surface area contributed by atoms with Crippen molar-refractivity contribution in [3.05, 3.63) is 56.8 Å². The Morgan fingerprint density at radius 3 is 2.46 bits per heavy atom. The fourth-order valence-corrected chi connectivity index (χ4v) is 4.59. The number of benzene rings is 2. The Morgan fingerprint density at radius 1 is 1.07 bits per heavy atom. The SMILES string of the molecule is Cn1c(=O)c(O)c2c3c(c(N4CCOCC4)cc(Cl)c31)C(=O)c1ccccc1-2. The zero-order valence-corrected chi connectivity index (χ0v) is 15.9. The number of ether oxygens (including phenoxy) is 1. The minimum Gasteiger partial charge on any atom is -0.503 e. The van der Waals surface area contributed by atoms with Gasteiger partial charge >= 0.3 is 0 Å². The van der Waals surface area contributed by atoms with E-state index >= 15 is 0 Å². The Hall–Kier alpha value is -2.83. The summed E-state index contributed by atoms with van der Waals surface area (Å²) in [4.78, 5) is 28.2. The summed E-state index contributed by atoms with van der Waals surface area (Å²) in [6, 6.07) is 8.78. The van der Waals surface area contributed by atoms with Crippen molar-refractivity contribution in [1.82, 2.24) is 4.57 Å². The minimum absolute atomic E-state index is 0.135. The third-order valence-corrected chi connectivity index (χ3v) is 5.87. The predicted molar refractivity (Wildman–Crippen MR) is 108 cm³/mol. The van der Waals surface area contributed by atoms with Gasteiger partial charge in [0, 0.05) is 36.7 Å². The summed E-state index contributed by atoms with van der Waals surface area (Å²) >= 11 is 6.60. The Balaban J connectivity index is 2.00. The number of hydrogen-bond donors (Lipinski definition) is 1. The average Bonchev–Trinajstić information content (AvgIpc) is 2.72. The van der Waals surface area contributed by atoms with Crippen LogP contribution in [0, 0.1) is 0 Å². The fraction of sp³-hybridized carbons (Fsp3) is 0.238. The summed E-state index contributed by atoms with van der Waals surface area (Å²) in [5.41, 5.74) is 2.49. The first-order chi connectivity index (χ1) is 13.5. The Morgan fingerprint density at radius 2 is 1.75 bits per heavy atom. The summed E-state index contributed by atoms with van der Waals surface area (Å²) in [7, 11) is 1.55. The summed E-state index contributed by atoms with van der Waals surface area (Å²) in [5.74, 6) is -0.504. The Bertz CT molecular complexity index is 1230. The van der Waals surface area contributed by atoms with Gasteiger partial charge in [-0.2, -0.15) is 0 Å². The molecule has 6 nitrogen and oxygen atoms in total. The quantitative estimate of drug-likeness (QED) is 0.535. The van der Waals surface area contributed by atoms with Crippen LogP contribution >= 0.6 is 11.6 Å². The standard InChI is InChI=1S/C21H17ClN2O4/c1-23-18-13(22)10-14(24-6-8-28-9-7-24)16-17(18)15(20(26)21(23)27)11-4-2-3-5-12(11)19(16)25/h2-5,10,26H,6-9H2,1H3. The molecular weight excluding hydrogens is 380 g/mol. The number of hydrogen-bond acceptors (Lipinski definition) is 5. The van der Waals surface area contributed by atoms with Crippen LogP contribution in [0.4, 0.5) is 5.69 Å². The molecule has 2 aliphatic rings. The van der Waals surface area contributed by atoms with Crippen molar-refractivity contribution in [2.24, 2.45) is 7.05 Å². The van der Waals surface area contributed by atoms with E-state index < -0.39 is 5.56 Å². The normalized spacial score (nSPS) is 15.8. The number of aryl methyl sites for hydroxylation is 1. The molecule has 0 atom stereocenters. The Labute approximate surface area is 165 Å². The monoisotopic (exact) mass is 396 g/mol. The zero-order chi connectivity index (χ0) is 19.6. The number of pyridine rings is 1. The number of carbonyl (C=O) groups is 1. The summed E-state index contributed by atoms with van der Waals surface area (Å²) < 4.78 is 6.75. The third kappa shape index (κ3) is 2.19. The maximum absolute atomic E-state index is 13.5. The highest BCUT2D eigenvalue weighted by Gasteiger charge is 2.34. The number of fused-ring (bicyclic) bond motifs is 2. The zero-order valence-electron chi connectivity index (χ0n) is 15.2. The molecule has 2 aromatic carbocycles.